The first kappa shape index (κ1) is 5.96. The van der Waals surface area contributed by atoms with Gasteiger partial charge in [-0.15, -0.1) is 0 Å². The van der Waals surface area contributed by atoms with Gasteiger partial charge in [0, 0.05) is 0 Å². The van der Waals surface area contributed by atoms with Crippen LogP contribution >= 0.6 is 0 Å². The Morgan fingerprint density at radius 3 is 2.57 bits per heavy atom. The van der Waals surface area contributed by atoms with Crippen molar-refractivity contribution in [2.45, 2.75) is 13.0 Å². The van der Waals surface area contributed by atoms with E-state index in [1.165, 1.54) is 6.92 Å². The summed E-state index contributed by atoms with van der Waals surface area (Å²) in [6, 6.07) is 1.68. The van der Waals surface area contributed by atoms with E-state index in [4.69, 9.17) is 5.26 Å². The van der Waals surface area contributed by atoms with Gasteiger partial charge >= 0.3 is 6.47 Å². The van der Waals surface area contributed by atoms with E-state index in [0.717, 1.165) is 6.47 Å². The average molecular weight is 98.1 g/mol. The van der Waals surface area contributed by atoms with Gasteiger partial charge < -0.3 is 4.74 Å². The lowest BCUT2D eigenvalue weighted by Gasteiger charge is -1.91. The first-order valence-corrected chi connectivity index (χ1v) is 1.73. The van der Waals surface area contributed by atoms with Gasteiger partial charge in [0.15, 0.2) is 6.10 Å². The molecule has 0 amide bonds. The van der Waals surface area contributed by atoms with Crippen molar-refractivity contribution in [3.8, 4) is 6.07 Å². The minimum Gasteiger partial charge on any atom is -0.439 e. The minimum atomic E-state index is -0.669. The van der Waals surface area contributed by atoms with Crippen LogP contribution in [0, 0.1) is 11.3 Å². The second-order valence-corrected chi connectivity index (χ2v) is 0.973. The smallest absolute Gasteiger partial charge is 0.418 e. The van der Waals surface area contributed by atoms with Gasteiger partial charge in [-0.2, -0.15) is 5.26 Å². The summed E-state index contributed by atoms with van der Waals surface area (Å²) in [7, 11) is 0. The predicted octanol–water partition coefficient (Wildman–Crippen LogP) is -0.0177. The predicted molar refractivity (Wildman–Crippen MR) is 21.9 cm³/mol. The molecule has 0 aromatic carbocycles. The normalized spacial score (nSPS) is 11.4. The Morgan fingerprint density at radius 2 is 2.43 bits per heavy atom. The van der Waals surface area contributed by atoms with E-state index in [9.17, 15) is 4.79 Å². The van der Waals surface area contributed by atoms with Crippen molar-refractivity contribution in [1.29, 1.82) is 5.26 Å². The zero-order chi connectivity index (χ0) is 5.70. The third kappa shape index (κ3) is 2.77. The second-order valence-electron chi connectivity index (χ2n) is 0.973. The molecule has 3 nitrogen and oxygen atoms in total. The number of nitriles is 1. The summed E-state index contributed by atoms with van der Waals surface area (Å²) in [5, 5.41) is 7.91. The summed E-state index contributed by atoms with van der Waals surface area (Å²) >= 11 is 0. The molecule has 0 fully saturated rings. The highest BCUT2D eigenvalue weighted by molar-refractivity contribution is 5.39. The molecule has 1 atom stereocenters. The molecule has 0 saturated carbocycles. The minimum absolute atomic E-state index is 0.669. The quantitative estimate of drug-likeness (QED) is 0.487. The van der Waals surface area contributed by atoms with Gasteiger partial charge in [0.25, 0.3) is 0 Å². The fourth-order valence-corrected chi connectivity index (χ4v) is 0.0985. The summed E-state index contributed by atoms with van der Waals surface area (Å²) < 4.78 is 4.02. The average Bonchev–Trinajstić information content (AvgIpc) is 1.68. The molecule has 7 heavy (non-hydrogen) atoms. The number of rotatable bonds is 2. The molecule has 0 aliphatic rings. The van der Waals surface area contributed by atoms with Crippen molar-refractivity contribution >= 4 is 6.47 Å². The highest BCUT2D eigenvalue weighted by Crippen LogP contribution is 1.79. The third-order valence-corrected chi connectivity index (χ3v) is 0.407. The number of hydrogen-bond donors (Lipinski definition) is 0. The van der Waals surface area contributed by atoms with E-state index in [2.05, 4.69) is 4.74 Å². The third-order valence-electron chi connectivity index (χ3n) is 0.407. The molecule has 0 aliphatic heterocycles. The lowest BCUT2D eigenvalue weighted by Crippen LogP contribution is -2.01. The van der Waals surface area contributed by atoms with Gasteiger partial charge in [0.05, 0.1) is 0 Å². The topological polar surface area (TPSA) is 50.1 Å². The monoisotopic (exact) mass is 98.0 g/mol. The number of carbonyl (C=O) groups excluding carboxylic acids is 1. The molecule has 0 aliphatic carbocycles. The molecule has 0 N–H and O–H groups in total. The Hall–Kier alpha value is -1.04. The highest BCUT2D eigenvalue weighted by Gasteiger charge is 1.93. The molecule has 0 aromatic heterocycles. The summed E-state index contributed by atoms with van der Waals surface area (Å²) in [5.74, 6) is 0. The molecule has 0 rings (SSSR count). The van der Waals surface area contributed by atoms with E-state index in [1.807, 2.05) is 0 Å². The fourth-order valence-electron chi connectivity index (χ4n) is 0.0985. The van der Waals surface area contributed by atoms with Crippen LogP contribution in [0.2, 0.25) is 0 Å². The van der Waals surface area contributed by atoms with Crippen molar-refractivity contribution in [2.24, 2.45) is 0 Å². The summed E-state index contributed by atoms with van der Waals surface area (Å²) in [6.45, 7) is 2.61. The van der Waals surface area contributed by atoms with Crippen molar-refractivity contribution in [1.82, 2.24) is 0 Å². The van der Waals surface area contributed by atoms with Gasteiger partial charge in [-0.25, -0.2) is 4.79 Å². The highest BCUT2D eigenvalue weighted by atomic mass is 16.5. The fraction of sp³-hybridized carbons (Fsp3) is 0.500. The Morgan fingerprint density at radius 1 is 1.86 bits per heavy atom. The Labute approximate surface area is 41.5 Å². The molecule has 37 valence electrons. The summed E-state index contributed by atoms with van der Waals surface area (Å²) in [5.41, 5.74) is 0. The van der Waals surface area contributed by atoms with Crippen LogP contribution in [-0.4, -0.2) is 12.6 Å². The van der Waals surface area contributed by atoms with E-state index in [0.29, 0.717) is 0 Å². The van der Waals surface area contributed by atoms with E-state index < -0.39 is 6.10 Å². The maximum Gasteiger partial charge on any atom is 0.418 e. The molecule has 3 heteroatoms. The van der Waals surface area contributed by atoms with Crippen LogP contribution < -0.4 is 0 Å². The van der Waals surface area contributed by atoms with Gasteiger partial charge in [-0.05, 0) is 6.92 Å². The molecular formula is C4H4NO2. The number of hydrogen-bond acceptors (Lipinski definition) is 3. The van der Waals surface area contributed by atoms with Gasteiger partial charge in [-0.3, -0.25) is 0 Å². The largest absolute Gasteiger partial charge is 0.439 e. The van der Waals surface area contributed by atoms with E-state index in [-0.39, 0.29) is 0 Å². The van der Waals surface area contributed by atoms with Crippen LogP contribution in [0.4, 0.5) is 0 Å². The van der Waals surface area contributed by atoms with Gasteiger partial charge in [0.1, 0.15) is 6.07 Å². The maximum atomic E-state index is 9.28. The van der Waals surface area contributed by atoms with Crippen LogP contribution in [0.15, 0.2) is 0 Å². The Bertz CT molecular complexity index is 94.4. The second kappa shape index (κ2) is 3.16. The van der Waals surface area contributed by atoms with Crippen LogP contribution in [0.5, 0.6) is 0 Å². The molecule has 0 aromatic rings. The maximum absolute atomic E-state index is 9.28. The van der Waals surface area contributed by atoms with E-state index in [1.54, 1.807) is 6.07 Å². The Balaban J connectivity index is 3.21. The van der Waals surface area contributed by atoms with Crippen LogP contribution in [0.3, 0.4) is 0 Å². The Kier molecular flexibility index (Phi) is 2.69. The molecule has 0 spiro atoms. The van der Waals surface area contributed by atoms with Crippen LogP contribution in [0.25, 0.3) is 0 Å². The molecular weight excluding hydrogens is 94.0 g/mol. The van der Waals surface area contributed by atoms with Crippen molar-refractivity contribution in [2.75, 3.05) is 0 Å². The van der Waals surface area contributed by atoms with Crippen molar-refractivity contribution in [3.63, 3.8) is 0 Å². The molecule has 0 saturated heterocycles. The lowest BCUT2D eigenvalue weighted by atomic mass is 10.5. The molecule has 1 radical (unpaired) electrons. The zero-order valence-electron chi connectivity index (χ0n) is 3.84. The SMILES string of the molecule is CC(C#N)O[C]=O. The van der Waals surface area contributed by atoms with Crippen molar-refractivity contribution < 1.29 is 9.53 Å². The molecule has 0 bridgehead atoms. The summed E-state index contributed by atoms with van der Waals surface area (Å²) in [6.07, 6.45) is -0.669. The number of nitrogens with zero attached hydrogens (tertiary/aromatic N) is 1. The summed E-state index contributed by atoms with van der Waals surface area (Å²) in [4.78, 5) is 9.28. The molecule has 0 heterocycles. The van der Waals surface area contributed by atoms with E-state index >= 15 is 0 Å². The van der Waals surface area contributed by atoms with Crippen LogP contribution in [-0.2, 0) is 9.53 Å². The van der Waals surface area contributed by atoms with Crippen molar-refractivity contribution in [3.05, 3.63) is 0 Å². The first-order chi connectivity index (χ1) is 3.31. The van der Waals surface area contributed by atoms with Crippen LogP contribution in [0.1, 0.15) is 6.92 Å². The number of ether oxygens (including phenoxy) is 1. The molecule has 1 unspecified atom stereocenters. The standard InChI is InChI=1S/C4H4NO2/c1-4(2-5)7-3-6/h4H,1H3. The first-order valence-electron chi connectivity index (χ1n) is 1.73. The van der Waals surface area contributed by atoms with Gasteiger partial charge in [-0.1, -0.05) is 0 Å². The lowest BCUT2D eigenvalue weighted by molar-refractivity contribution is 0.242. The van der Waals surface area contributed by atoms with Gasteiger partial charge in [0.2, 0.25) is 0 Å². The zero-order valence-corrected chi connectivity index (χ0v) is 3.84.